The lowest BCUT2D eigenvalue weighted by molar-refractivity contribution is -0.171. The number of hydrogen-bond donors (Lipinski definition) is 3. The van der Waals surface area contributed by atoms with Crippen molar-refractivity contribution in [2.45, 2.75) is 59.4 Å². The summed E-state index contributed by atoms with van der Waals surface area (Å²) in [4.78, 5) is 57.8. The van der Waals surface area contributed by atoms with Crippen molar-refractivity contribution in [3.05, 3.63) is 117 Å². The molecule has 0 saturated carbocycles. The van der Waals surface area contributed by atoms with E-state index in [4.69, 9.17) is 14.0 Å². The Morgan fingerprint density at radius 3 is 2.27 bits per heavy atom. The molecule has 16 heteroatoms. The van der Waals surface area contributed by atoms with Gasteiger partial charge >= 0.3 is 12.1 Å². The largest absolute Gasteiger partial charge is 0.477 e. The lowest BCUT2D eigenvalue weighted by Crippen LogP contribution is -2.46. The van der Waals surface area contributed by atoms with Crippen molar-refractivity contribution in [2.75, 3.05) is 36.4 Å². The molecule has 3 N–H and O–H groups in total. The Labute approximate surface area is 322 Å². The Morgan fingerprint density at radius 1 is 0.929 bits per heavy atom. The smallest absolute Gasteiger partial charge is 0.408 e. The topological polar surface area (TPSA) is 181 Å². The summed E-state index contributed by atoms with van der Waals surface area (Å²) in [5, 5.41) is 25.1. The van der Waals surface area contributed by atoms with Crippen LogP contribution in [0.1, 0.15) is 72.9 Å². The predicted molar refractivity (Wildman–Crippen MR) is 205 cm³/mol. The quantitative estimate of drug-likeness (QED) is 0.123. The molecule has 15 nitrogen and oxygen atoms in total. The van der Waals surface area contributed by atoms with Crippen molar-refractivity contribution in [1.82, 2.24) is 25.1 Å². The van der Waals surface area contributed by atoms with Gasteiger partial charge in [-0.1, -0.05) is 56.3 Å². The van der Waals surface area contributed by atoms with E-state index in [9.17, 15) is 24.3 Å². The van der Waals surface area contributed by atoms with Crippen molar-refractivity contribution in [3.8, 4) is 0 Å². The number of hydroxylamine groups is 2. The van der Waals surface area contributed by atoms with Crippen molar-refractivity contribution in [3.63, 3.8) is 0 Å². The summed E-state index contributed by atoms with van der Waals surface area (Å²) in [5.74, 6) is -2.92. The summed E-state index contributed by atoms with van der Waals surface area (Å²) >= 11 is 0. The van der Waals surface area contributed by atoms with Gasteiger partial charge in [0.15, 0.2) is 0 Å². The number of ether oxygens (including phenoxy) is 1. The number of benzene rings is 3. The van der Waals surface area contributed by atoms with E-state index in [-0.39, 0.29) is 42.2 Å². The van der Waals surface area contributed by atoms with Crippen LogP contribution in [0.3, 0.4) is 0 Å². The first kappa shape index (κ1) is 39.6. The summed E-state index contributed by atoms with van der Waals surface area (Å²) in [6, 6.07) is 18.6. The Hall–Kier alpha value is -6.13. The van der Waals surface area contributed by atoms with Crippen LogP contribution in [0.4, 0.5) is 20.6 Å². The molecule has 0 bridgehead atoms. The molecule has 2 aromatic heterocycles. The molecule has 3 heterocycles. The Bertz CT molecular complexity index is 2240. The fourth-order valence-electron chi connectivity index (χ4n) is 6.28. The monoisotopic (exact) mass is 769 g/mol. The minimum Gasteiger partial charge on any atom is -0.477 e. The molecule has 5 aromatic rings. The fourth-order valence-corrected chi connectivity index (χ4v) is 6.28. The zero-order valence-corrected chi connectivity index (χ0v) is 31.5. The highest BCUT2D eigenvalue weighted by atomic mass is 19.1. The van der Waals surface area contributed by atoms with Crippen LogP contribution < -0.4 is 21.0 Å². The lowest BCUT2D eigenvalue weighted by Gasteiger charge is -2.35. The lowest BCUT2D eigenvalue weighted by atomic mass is 10.1. The van der Waals surface area contributed by atoms with Gasteiger partial charge in [-0.25, -0.2) is 14.0 Å². The molecule has 3 aromatic carbocycles. The second-order valence-electron chi connectivity index (χ2n) is 13.8. The number of anilines is 2. The van der Waals surface area contributed by atoms with Gasteiger partial charge in [-0.3, -0.25) is 14.4 Å². The van der Waals surface area contributed by atoms with Crippen molar-refractivity contribution in [2.24, 2.45) is 5.92 Å². The number of carboxylic acid groups (broad SMARTS) is 1. The molecule has 56 heavy (non-hydrogen) atoms. The third-order valence-electron chi connectivity index (χ3n) is 9.57. The molecule has 1 saturated heterocycles. The van der Waals surface area contributed by atoms with Crippen LogP contribution in [0.5, 0.6) is 0 Å². The summed E-state index contributed by atoms with van der Waals surface area (Å²) in [6.07, 6.45) is 0.668. The van der Waals surface area contributed by atoms with Gasteiger partial charge in [0.1, 0.15) is 29.9 Å². The maximum atomic E-state index is 15.3. The highest BCUT2D eigenvalue weighted by Crippen LogP contribution is 2.28. The number of carbonyl (C=O) groups is 3. The molecule has 1 aliphatic rings. The number of pyridine rings is 1. The van der Waals surface area contributed by atoms with Crippen molar-refractivity contribution in [1.29, 1.82) is 0 Å². The average Bonchev–Trinajstić information content (AvgIpc) is 3.69. The molecule has 0 radical (unpaired) electrons. The first-order valence-electron chi connectivity index (χ1n) is 18.3. The summed E-state index contributed by atoms with van der Waals surface area (Å²) in [6.45, 7) is 9.97. The molecule has 294 valence electrons. The number of alkyl carbamates (subject to hydrolysis) is 1. The van der Waals surface area contributed by atoms with E-state index in [0.717, 1.165) is 17.2 Å². The number of nitrogens with zero attached hydrogens (tertiary/aromatic N) is 5. The Kier molecular flexibility index (Phi) is 12.4. The van der Waals surface area contributed by atoms with E-state index in [1.807, 2.05) is 68.1 Å². The van der Waals surface area contributed by atoms with Gasteiger partial charge in [0, 0.05) is 50.0 Å². The van der Waals surface area contributed by atoms with Crippen molar-refractivity contribution < 1.29 is 37.9 Å². The second kappa shape index (κ2) is 17.6. The molecule has 0 spiro atoms. The van der Waals surface area contributed by atoms with Crippen LogP contribution in [0.25, 0.3) is 10.9 Å². The zero-order chi connectivity index (χ0) is 39.9. The normalized spacial score (nSPS) is 14.4. The number of aromatic carboxylic acids is 1. The van der Waals surface area contributed by atoms with E-state index in [1.54, 1.807) is 34.8 Å². The number of hydrogen-bond acceptors (Lipinski definition) is 11. The third-order valence-corrected chi connectivity index (χ3v) is 9.57. The van der Waals surface area contributed by atoms with Crippen molar-refractivity contribution >= 4 is 40.2 Å². The number of rotatable bonds is 14. The van der Waals surface area contributed by atoms with Gasteiger partial charge < -0.3 is 34.4 Å². The van der Waals surface area contributed by atoms with Crippen LogP contribution in [0.2, 0.25) is 0 Å². The first-order chi connectivity index (χ1) is 26.9. The highest BCUT2D eigenvalue weighted by Gasteiger charge is 2.29. The molecule has 1 fully saturated rings. The van der Waals surface area contributed by atoms with E-state index in [0.29, 0.717) is 49.6 Å². The standard InChI is InChI=1S/C40H44FN7O8/c1-5-46-21-30(39(51)52)35(49)29-19-31(41)33(20-32(29)46)47-15-17-48(18-16-47)55-23-27-11-13-28(14-12-27)42-36(50)25(4)37-44-45-38(56-37)34(24(2)3)43-40(53)54-22-26-9-7-6-8-10-26/h6-14,19-21,24-25,34H,5,15-18,22-23H2,1-4H3,(H,42,50)(H,43,53)(H,51,52)/t25?,34-/m1/s1. The number of aryl methyl sites for hydroxylation is 1. The minimum atomic E-state index is -1.35. The first-order valence-corrected chi connectivity index (χ1v) is 18.3. The van der Waals surface area contributed by atoms with Gasteiger partial charge in [0.2, 0.25) is 23.1 Å². The fraction of sp³-hybridized carbons (Fsp3) is 0.350. The van der Waals surface area contributed by atoms with E-state index in [2.05, 4.69) is 20.8 Å². The number of fused-ring (bicyclic) bond motifs is 1. The SMILES string of the molecule is CCn1cc(C(=O)O)c(=O)c2cc(F)c(N3CCN(OCc4ccc(NC(=O)C(C)c5nnc([C@H](NC(=O)OCc6ccccc6)C(C)C)o5)cc4)CC3)cc21. The van der Waals surface area contributed by atoms with E-state index < -0.39 is 40.8 Å². The molecule has 6 rings (SSSR count). The van der Waals surface area contributed by atoms with Crippen LogP contribution >= 0.6 is 0 Å². The van der Waals surface area contributed by atoms with E-state index in [1.165, 1.54) is 6.20 Å². The number of carboxylic acids is 1. The summed E-state index contributed by atoms with van der Waals surface area (Å²) in [7, 11) is 0. The predicted octanol–water partition coefficient (Wildman–Crippen LogP) is 5.86. The zero-order valence-electron chi connectivity index (χ0n) is 31.5. The van der Waals surface area contributed by atoms with Crippen LogP contribution in [-0.2, 0) is 34.1 Å². The van der Waals surface area contributed by atoms with Crippen LogP contribution in [0, 0.1) is 11.7 Å². The molecule has 1 aliphatic heterocycles. The number of piperazine rings is 1. The molecule has 0 aliphatic carbocycles. The maximum Gasteiger partial charge on any atom is 0.408 e. The summed E-state index contributed by atoms with van der Waals surface area (Å²) < 4.78 is 28.1. The van der Waals surface area contributed by atoms with Gasteiger partial charge in [0.25, 0.3) is 0 Å². The van der Waals surface area contributed by atoms with E-state index >= 15 is 4.39 Å². The highest BCUT2D eigenvalue weighted by molar-refractivity contribution is 5.95. The third kappa shape index (κ3) is 9.21. The van der Waals surface area contributed by atoms with Crippen LogP contribution in [-0.4, -0.2) is 69.1 Å². The van der Waals surface area contributed by atoms with Gasteiger partial charge in [0.05, 0.1) is 17.8 Å². The number of aromatic nitrogens is 3. The van der Waals surface area contributed by atoms with Gasteiger partial charge in [-0.15, -0.1) is 10.2 Å². The molecule has 1 unspecified atom stereocenters. The number of amides is 2. The number of carbonyl (C=O) groups excluding carboxylic acids is 2. The second-order valence-corrected chi connectivity index (χ2v) is 13.8. The summed E-state index contributed by atoms with van der Waals surface area (Å²) in [5.41, 5.74) is 1.98. The minimum absolute atomic E-state index is 0.0284. The van der Waals surface area contributed by atoms with Crippen LogP contribution in [0.15, 0.2) is 82.1 Å². The van der Waals surface area contributed by atoms with Gasteiger partial charge in [-0.05, 0) is 55.2 Å². The van der Waals surface area contributed by atoms with Gasteiger partial charge in [-0.2, -0.15) is 5.06 Å². The Balaban J connectivity index is 0.980. The molecular weight excluding hydrogens is 725 g/mol. The number of halogens is 1. The molecular formula is C40H44FN7O8. The number of nitrogens with one attached hydrogen (secondary N) is 2. The molecule has 2 atom stereocenters. The maximum absolute atomic E-state index is 15.3. The Morgan fingerprint density at radius 2 is 1.61 bits per heavy atom. The average molecular weight is 770 g/mol. The molecule has 2 amide bonds.